The number of aromatic nitrogens is 1. The van der Waals surface area contributed by atoms with E-state index < -0.39 is 11.9 Å². The van der Waals surface area contributed by atoms with Gasteiger partial charge in [-0.3, -0.25) is 9.59 Å². The van der Waals surface area contributed by atoms with E-state index in [1.165, 1.54) is 11.9 Å². The molecule has 7 heteroatoms. The number of amides is 1. The normalized spacial score (nSPS) is 12.4. The summed E-state index contributed by atoms with van der Waals surface area (Å²) >= 11 is 0. The van der Waals surface area contributed by atoms with Gasteiger partial charge in [0.15, 0.2) is 0 Å². The molecule has 0 aliphatic carbocycles. The molecule has 0 fully saturated rings. The molecule has 0 bridgehead atoms. The van der Waals surface area contributed by atoms with Crippen molar-refractivity contribution in [3.63, 3.8) is 0 Å². The second-order valence-electron chi connectivity index (χ2n) is 6.14. The highest BCUT2D eigenvalue weighted by Gasteiger charge is 2.20. The average molecular weight is 361 g/mol. The van der Waals surface area contributed by atoms with Crippen LogP contribution in [0, 0.1) is 25.2 Å². The van der Waals surface area contributed by atoms with Gasteiger partial charge in [-0.15, -0.1) is 0 Å². The van der Waals surface area contributed by atoms with Gasteiger partial charge in [0.1, 0.15) is 18.2 Å². The number of aryl methyl sites for hydroxylation is 1. The summed E-state index contributed by atoms with van der Waals surface area (Å²) in [7, 11) is 3.12. The summed E-state index contributed by atoms with van der Waals surface area (Å²) in [6, 6.07) is 3.99. The number of carbonyl (C=O) groups excluding carboxylic acids is 2. The van der Waals surface area contributed by atoms with Crippen LogP contribution in [0.25, 0.3) is 6.08 Å². The first kappa shape index (κ1) is 21.5. The van der Waals surface area contributed by atoms with Crippen LogP contribution in [0.15, 0.2) is 11.6 Å². The number of likely N-dealkylation sites (N-methyl/N-ethyl adjacent to an activating group) is 1. The lowest BCUT2D eigenvalue weighted by atomic mass is 10.1. The number of methoxy groups -OCH3 is 1. The van der Waals surface area contributed by atoms with Crippen LogP contribution in [-0.2, 0) is 19.1 Å². The van der Waals surface area contributed by atoms with Crippen LogP contribution in [0.3, 0.4) is 0 Å². The van der Waals surface area contributed by atoms with Gasteiger partial charge in [-0.1, -0.05) is 0 Å². The lowest BCUT2D eigenvalue weighted by Crippen LogP contribution is -2.33. The molecule has 1 heterocycles. The van der Waals surface area contributed by atoms with Gasteiger partial charge in [-0.25, -0.2) is 0 Å². The molecule has 0 aromatic carbocycles. The first-order chi connectivity index (χ1) is 12.3. The lowest BCUT2D eigenvalue weighted by molar-refractivity contribution is -0.147. The number of nitrogens with zero attached hydrogens (tertiary/aromatic N) is 3. The SMILES string of the molecule is CCOC(=O)CN(C)C(=O)/C(C#N)=C\c1cc(C)n(C(C)COC)c1C. The Hall–Kier alpha value is -2.59. The number of nitriles is 1. The van der Waals surface area contributed by atoms with Gasteiger partial charge in [0.2, 0.25) is 0 Å². The van der Waals surface area contributed by atoms with E-state index in [0.29, 0.717) is 6.61 Å². The Morgan fingerprint density at radius 3 is 2.62 bits per heavy atom. The summed E-state index contributed by atoms with van der Waals surface area (Å²) in [5, 5.41) is 9.40. The highest BCUT2D eigenvalue weighted by molar-refractivity contribution is 6.02. The molecule has 7 nitrogen and oxygen atoms in total. The van der Waals surface area contributed by atoms with Crippen LogP contribution >= 0.6 is 0 Å². The molecule has 0 radical (unpaired) electrons. The summed E-state index contributed by atoms with van der Waals surface area (Å²) < 4.78 is 12.2. The monoisotopic (exact) mass is 361 g/mol. The van der Waals surface area contributed by atoms with Crippen LogP contribution in [0.1, 0.15) is 36.8 Å². The average Bonchev–Trinajstić information content (AvgIpc) is 2.85. The molecule has 1 rings (SSSR count). The summed E-state index contributed by atoms with van der Waals surface area (Å²) in [5.74, 6) is -1.03. The molecular weight excluding hydrogens is 334 g/mol. The number of hydrogen-bond donors (Lipinski definition) is 0. The predicted octanol–water partition coefficient (Wildman–Crippen LogP) is 2.24. The second kappa shape index (κ2) is 9.78. The van der Waals surface area contributed by atoms with Crippen molar-refractivity contribution in [3.05, 3.63) is 28.6 Å². The minimum Gasteiger partial charge on any atom is -0.465 e. The topological polar surface area (TPSA) is 84.6 Å². The molecule has 1 aromatic rings. The number of rotatable bonds is 8. The van der Waals surface area contributed by atoms with E-state index in [9.17, 15) is 14.9 Å². The fourth-order valence-corrected chi connectivity index (χ4v) is 2.92. The molecule has 142 valence electrons. The quantitative estimate of drug-likeness (QED) is 0.403. The van der Waals surface area contributed by atoms with Crippen LogP contribution in [0.4, 0.5) is 0 Å². The van der Waals surface area contributed by atoms with Crippen molar-refractivity contribution >= 4 is 18.0 Å². The fourth-order valence-electron chi connectivity index (χ4n) is 2.92. The van der Waals surface area contributed by atoms with Crippen LogP contribution in [0.5, 0.6) is 0 Å². The molecule has 0 saturated heterocycles. The van der Waals surface area contributed by atoms with E-state index in [-0.39, 0.29) is 24.8 Å². The highest BCUT2D eigenvalue weighted by Crippen LogP contribution is 2.23. The number of carbonyl (C=O) groups is 2. The summed E-state index contributed by atoms with van der Waals surface area (Å²) in [4.78, 5) is 25.2. The smallest absolute Gasteiger partial charge is 0.325 e. The Bertz CT molecular complexity index is 728. The Labute approximate surface area is 154 Å². The molecule has 26 heavy (non-hydrogen) atoms. The van der Waals surface area contributed by atoms with Gasteiger partial charge in [0.25, 0.3) is 5.91 Å². The van der Waals surface area contributed by atoms with Gasteiger partial charge in [-0.05, 0) is 45.4 Å². The molecular formula is C19H27N3O4. The summed E-state index contributed by atoms with van der Waals surface area (Å²) in [6.45, 7) is 8.25. The Kier molecular flexibility index (Phi) is 8.07. The molecule has 0 N–H and O–H groups in total. The third-order valence-electron chi connectivity index (χ3n) is 4.04. The van der Waals surface area contributed by atoms with Crippen molar-refractivity contribution in [1.29, 1.82) is 5.26 Å². The maximum atomic E-state index is 12.5. The van der Waals surface area contributed by atoms with Crippen molar-refractivity contribution in [2.24, 2.45) is 0 Å². The number of ether oxygens (including phenoxy) is 2. The molecule has 1 unspecified atom stereocenters. The lowest BCUT2D eigenvalue weighted by Gasteiger charge is -2.17. The van der Waals surface area contributed by atoms with Crippen molar-refractivity contribution in [2.75, 3.05) is 33.9 Å². The minimum absolute atomic E-state index is 0.0311. The van der Waals surface area contributed by atoms with Crippen molar-refractivity contribution in [1.82, 2.24) is 9.47 Å². The Balaban J connectivity index is 3.09. The molecule has 0 aliphatic rings. The zero-order chi connectivity index (χ0) is 19.9. The molecule has 0 saturated carbocycles. The molecule has 1 atom stereocenters. The second-order valence-corrected chi connectivity index (χ2v) is 6.14. The maximum Gasteiger partial charge on any atom is 0.325 e. The summed E-state index contributed by atoms with van der Waals surface area (Å²) in [6.07, 6.45) is 1.56. The van der Waals surface area contributed by atoms with E-state index >= 15 is 0 Å². The standard InChI is InChI=1S/C19H27N3O4/c1-7-26-18(23)11-21(5)19(24)17(10-20)9-16-8-13(2)22(15(16)4)14(3)12-25-6/h8-9,14H,7,11-12H2,1-6H3/b17-9-. The van der Waals surface area contributed by atoms with Crippen LogP contribution < -0.4 is 0 Å². The van der Waals surface area contributed by atoms with E-state index in [2.05, 4.69) is 4.57 Å². The highest BCUT2D eigenvalue weighted by atomic mass is 16.5. The van der Waals surface area contributed by atoms with Gasteiger partial charge >= 0.3 is 5.97 Å². The third-order valence-corrected chi connectivity index (χ3v) is 4.04. The minimum atomic E-state index is -0.518. The van der Waals surface area contributed by atoms with E-state index in [0.717, 1.165) is 17.0 Å². The predicted molar refractivity (Wildman–Crippen MR) is 98.4 cm³/mol. The van der Waals surface area contributed by atoms with Crippen LogP contribution in [0.2, 0.25) is 0 Å². The number of hydrogen-bond acceptors (Lipinski definition) is 5. The molecule has 0 aliphatic heterocycles. The van der Waals surface area contributed by atoms with Gasteiger partial charge < -0.3 is 18.9 Å². The van der Waals surface area contributed by atoms with Gasteiger partial charge in [0, 0.05) is 25.5 Å². The van der Waals surface area contributed by atoms with Crippen molar-refractivity contribution in [2.45, 2.75) is 33.7 Å². The molecule has 1 amide bonds. The Morgan fingerprint density at radius 2 is 2.08 bits per heavy atom. The molecule has 1 aromatic heterocycles. The van der Waals surface area contributed by atoms with Gasteiger partial charge in [0.05, 0.1) is 19.3 Å². The zero-order valence-electron chi connectivity index (χ0n) is 16.3. The van der Waals surface area contributed by atoms with Crippen LogP contribution in [-0.4, -0.2) is 55.3 Å². The van der Waals surface area contributed by atoms with Crippen molar-refractivity contribution < 1.29 is 19.1 Å². The van der Waals surface area contributed by atoms with E-state index in [4.69, 9.17) is 9.47 Å². The Morgan fingerprint density at radius 1 is 1.42 bits per heavy atom. The fraction of sp³-hybridized carbons (Fsp3) is 0.526. The van der Waals surface area contributed by atoms with Gasteiger partial charge in [-0.2, -0.15) is 5.26 Å². The maximum absolute atomic E-state index is 12.5. The first-order valence-corrected chi connectivity index (χ1v) is 8.46. The van der Waals surface area contributed by atoms with Crippen molar-refractivity contribution in [3.8, 4) is 6.07 Å². The summed E-state index contributed by atoms with van der Waals surface area (Å²) in [5.41, 5.74) is 2.72. The first-order valence-electron chi connectivity index (χ1n) is 8.46. The van der Waals surface area contributed by atoms with E-state index in [1.807, 2.05) is 32.9 Å². The largest absolute Gasteiger partial charge is 0.465 e. The molecule has 0 spiro atoms. The van der Waals surface area contributed by atoms with E-state index in [1.54, 1.807) is 20.1 Å². The third kappa shape index (κ3) is 5.20. The number of esters is 1. The zero-order valence-corrected chi connectivity index (χ0v) is 16.3.